The Morgan fingerprint density at radius 1 is 1.00 bits per heavy atom. The summed E-state index contributed by atoms with van der Waals surface area (Å²) in [4.78, 5) is 19.7. The number of pyridine rings is 1. The zero-order chi connectivity index (χ0) is 26.8. The van der Waals surface area contributed by atoms with Crippen LogP contribution in [0.4, 0.5) is 11.5 Å². The molecule has 0 bridgehead atoms. The number of amides is 1. The monoisotopic (exact) mass is 520 g/mol. The number of nitrogens with zero attached hydrogens (tertiary/aromatic N) is 7. The van der Waals surface area contributed by atoms with Gasteiger partial charge in [-0.1, -0.05) is 29.5 Å². The zero-order valence-corrected chi connectivity index (χ0v) is 21.8. The third-order valence-corrected chi connectivity index (χ3v) is 6.84. The van der Waals surface area contributed by atoms with Crippen molar-refractivity contribution >= 4 is 17.4 Å². The fraction of sp³-hybridized carbons (Fsp3) is 0.207. The molecule has 6 rings (SSSR count). The van der Waals surface area contributed by atoms with Crippen molar-refractivity contribution < 1.29 is 9.53 Å². The smallest absolute Gasteiger partial charge is 0.255 e. The van der Waals surface area contributed by atoms with Crippen molar-refractivity contribution in [2.75, 3.05) is 36.5 Å². The van der Waals surface area contributed by atoms with Crippen molar-refractivity contribution in [2.24, 2.45) is 0 Å². The van der Waals surface area contributed by atoms with Crippen molar-refractivity contribution in [2.45, 2.75) is 13.8 Å². The van der Waals surface area contributed by atoms with Crippen LogP contribution in [0, 0.1) is 13.8 Å². The van der Waals surface area contributed by atoms with Crippen LogP contribution in [0.5, 0.6) is 0 Å². The molecule has 0 spiro atoms. The van der Waals surface area contributed by atoms with Crippen molar-refractivity contribution in [3.8, 4) is 22.6 Å². The summed E-state index contributed by atoms with van der Waals surface area (Å²) in [7, 11) is 0. The molecule has 1 amide bonds. The van der Waals surface area contributed by atoms with Crippen molar-refractivity contribution in [3.05, 3.63) is 96.1 Å². The van der Waals surface area contributed by atoms with Gasteiger partial charge in [-0.15, -0.1) is 5.10 Å². The van der Waals surface area contributed by atoms with Crippen molar-refractivity contribution in [1.29, 1.82) is 0 Å². The van der Waals surface area contributed by atoms with Gasteiger partial charge in [0, 0.05) is 36.1 Å². The summed E-state index contributed by atoms with van der Waals surface area (Å²) in [6.07, 6.45) is 5.35. The number of hydrogen-bond donors (Lipinski definition) is 1. The number of anilines is 2. The maximum atomic E-state index is 13.1. The number of carbonyl (C=O) groups is 1. The Morgan fingerprint density at radius 2 is 1.82 bits per heavy atom. The molecule has 10 nitrogen and oxygen atoms in total. The third kappa shape index (κ3) is 5.01. The molecule has 1 N–H and O–H groups in total. The van der Waals surface area contributed by atoms with Gasteiger partial charge in [0.25, 0.3) is 5.91 Å². The van der Waals surface area contributed by atoms with E-state index in [0.717, 1.165) is 52.8 Å². The van der Waals surface area contributed by atoms with E-state index in [-0.39, 0.29) is 5.91 Å². The summed E-state index contributed by atoms with van der Waals surface area (Å²) >= 11 is 0. The Hall–Kier alpha value is -4.83. The van der Waals surface area contributed by atoms with Gasteiger partial charge in [0.1, 0.15) is 11.5 Å². The molecule has 3 aromatic heterocycles. The molecule has 1 saturated heterocycles. The molecule has 0 atom stereocenters. The summed E-state index contributed by atoms with van der Waals surface area (Å²) in [5, 5.41) is 16.4. The lowest BCUT2D eigenvalue weighted by atomic mass is 10.1. The first-order chi connectivity index (χ1) is 19.1. The van der Waals surface area contributed by atoms with Gasteiger partial charge in [-0.3, -0.25) is 4.79 Å². The summed E-state index contributed by atoms with van der Waals surface area (Å²) in [5.41, 5.74) is 6.61. The fourth-order valence-electron chi connectivity index (χ4n) is 4.66. The van der Waals surface area contributed by atoms with E-state index >= 15 is 0 Å². The summed E-state index contributed by atoms with van der Waals surface area (Å²) in [6, 6.07) is 19.2. The number of aryl methyl sites for hydroxylation is 1. The zero-order valence-electron chi connectivity index (χ0n) is 21.8. The molecule has 2 aromatic carbocycles. The summed E-state index contributed by atoms with van der Waals surface area (Å²) in [6.45, 7) is 6.84. The van der Waals surface area contributed by atoms with Gasteiger partial charge in [-0.25, -0.2) is 14.3 Å². The number of rotatable bonds is 6. The predicted molar refractivity (Wildman–Crippen MR) is 149 cm³/mol. The van der Waals surface area contributed by atoms with Gasteiger partial charge in [-0.05, 0) is 55.8 Å². The molecule has 5 aromatic rings. The minimum atomic E-state index is -0.204. The number of nitrogens with one attached hydrogen (secondary N) is 1. The number of hydrogen-bond acceptors (Lipinski definition) is 7. The van der Waals surface area contributed by atoms with E-state index in [2.05, 4.69) is 30.6 Å². The lowest BCUT2D eigenvalue weighted by molar-refractivity contribution is 0.102. The second-order valence-electron chi connectivity index (χ2n) is 9.40. The van der Waals surface area contributed by atoms with E-state index in [9.17, 15) is 4.79 Å². The fourth-order valence-corrected chi connectivity index (χ4v) is 4.66. The molecule has 1 aliphatic heterocycles. The lowest BCUT2D eigenvalue weighted by Gasteiger charge is -2.27. The Morgan fingerprint density at radius 3 is 2.64 bits per heavy atom. The standard InChI is InChI=1S/C29H28N8O2/c1-20-8-9-23(32-29(38)22-10-11-30-28(16-22)35-12-14-39-15-13-35)17-27(20)36-19-26(33-34-36)25-18-31-37(21(25)2)24-6-4-3-5-7-24/h3-11,16-19H,12-15H2,1-2H3,(H,32,38). The molecule has 4 heterocycles. The molecule has 0 unspecified atom stereocenters. The van der Waals surface area contributed by atoms with Crippen LogP contribution < -0.4 is 10.2 Å². The molecule has 0 saturated carbocycles. The van der Waals surface area contributed by atoms with E-state index in [1.165, 1.54) is 0 Å². The Bertz CT molecular complexity index is 1620. The summed E-state index contributed by atoms with van der Waals surface area (Å²) < 4.78 is 9.04. The average molecular weight is 521 g/mol. The van der Waals surface area contributed by atoms with Crippen LogP contribution in [-0.2, 0) is 4.74 Å². The highest BCUT2D eigenvalue weighted by Gasteiger charge is 2.17. The van der Waals surface area contributed by atoms with Crippen LogP contribution in [-0.4, -0.2) is 62.0 Å². The van der Waals surface area contributed by atoms with Crippen LogP contribution >= 0.6 is 0 Å². The van der Waals surface area contributed by atoms with E-state index in [1.807, 2.05) is 79.3 Å². The highest BCUT2D eigenvalue weighted by Crippen LogP contribution is 2.26. The van der Waals surface area contributed by atoms with Gasteiger partial charge < -0.3 is 15.0 Å². The Labute approximate surface area is 225 Å². The highest BCUT2D eigenvalue weighted by molar-refractivity contribution is 6.04. The first-order valence-corrected chi connectivity index (χ1v) is 12.8. The second kappa shape index (κ2) is 10.5. The largest absolute Gasteiger partial charge is 0.378 e. The quantitative estimate of drug-likeness (QED) is 0.358. The number of morpholine rings is 1. The Kier molecular flexibility index (Phi) is 6.60. The van der Waals surface area contributed by atoms with Gasteiger partial charge in [0.2, 0.25) is 0 Å². The van der Waals surface area contributed by atoms with Gasteiger partial charge in [0.05, 0.1) is 42.7 Å². The van der Waals surface area contributed by atoms with Crippen LogP contribution in [0.1, 0.15) is 21.6 Å². The Balaban J connectivity index is 1.22. The van der Waals surface area contributed by atoms with Crippen LogP contribution in [0.3, 0.4) is 0 Å². The van der Waals surface area contributed by atoms with E-state index < -0.39 is 0 Å². The molecule has 0 radical (unpaired) electrons. The molecule has 1 aliphatic rings. The normalized spacial score (nSPS) is 13.4. The van der Waals surface area contributed by atoms with Crippen molar-refractivity contribution in [3.63, 3.8) is 0 Å². The van der Waals surface area contributed by atoms with E-state index in [1.54, 1.807) is 23.1 Å². The first kappa shape index (κ1) is 24.5. The molecule has 39 heavy (non-hydrogen) atoms. The van der Waals surface area contributed by atoms with Crippen molar-refractivity contribution in [1.82, 2.24) is 29.8 Å². The van der Waals surface area contributed by atoms with E-state index in [0.29, 0.717) is 24.5 Å². The third-order valence-electron chi connectivity index (χ3n) is 6.84. The van der Waals surface area contributed by atoms with Crippen LogP contribution in [0.25, 0.3) is 22.6 Å². The van der Waals surface area contributed by atoms with Crippen LogP contribution in [0.2, 0.25) is 0 Å². The topological polar surface area (TPSA) is 103 Å². The molecule has 10 heteroatoms. The number of ether oxygens (including phenoxy) is 1. The molecule has 1 fully saturated rings. The molecule has 0 aliphatic carbocycles. The average Bonchev–Trinajstić information content (AvgIpc) is 3.62. The SMILES string of the molecule is Cc1ccc(NC(=O)c2ccnc(N3CCOCC3)c2)cc1-n1cc(-c2cnn(-c3ccccc3)c2C)nn1. The number of aromatic nitrogens is 6. The minimum absolute atomic E-state index is 0.204. The minimum Gasteiger partial charge on any atom is -0.378 e. The number of benzene rings is 2. The number of para-hydroxylation sites is 1. The molecular formula is C29H28N8O2. The van der Waals surface area contributed by atoms with Gasteiger partial charge in [-0.2, -0.15) is 5.10 Å². The molecular weight excluding hydrogens is 492 g/mol. The highest BCUT2D eigenvalue weighted by atomic mass is 16.5. The maximum Gasteiger partial charge on any atom is 0.255 e. The predicted octanol–water partition coefficient (Wildman–Crippen LogP) is 4.22. The molecule has 196 valence electrons. The number of carbonyl (C=O) groups excluding carboxylic acids is 1. The summed E-state index contributed by atoms with van der Waals surface area (Å²) in [5.74, 6) is 0.571. The van der Waals surface area contributed by atoms with Crippen LogP contribution in [0.15, 0.2) is 79.3 Å². The maximum absolute atomic E-state index is 13.1. The van der Waals surface area contributed by atoms with Gasteiger partial charge >= 0.3 is 0 Å². The first-order valence-electron chi connectivity index (χ1n) is 12.8. The van der Waals surface area contributed by atoms with Gasteiger partial charge in [0.15, 0.2) is 0 Å². The second-order valence-corrected chi connectivity index (χ2v) is 9.40. The lowest BCUT2D eigenvalue weighted by Crippen LogP contribution is -2.36. The van der Waals surface area contributed by atoms with E-state index in [4.69, 9.17) is 4.74 Å².